The lowest BCUT2D eigenvalue weighted by atomic mass is 10.1. The zero-order chi connectivity index (χ0) is 18.0. The predicted octanol–water partition coefficient (Wildman–Crippen LogP) is 7.22. The molecule has 3 nitrogen and oxygen atoms in total. The molecule has 1 aromatic rings. The van der Waals surface area contributed by atoms with Crippen LogP contribution in [0.2, 0.25) is 0 Å². The normalized spacial score (nSPS) is 11.2. The predicted molar refractivity (Wildman–Crippen MR) is 104 cm³/mol. The summed E-state index contributed by atoms with van der Waals surface area (Å²) in [5, 5.41) is 0. The van der Waals surface area contributed by atoms with Crippen molar-refractivity contribution >= 4 is 5.97 Å². The minimum absolute atomic E-state index is 0.201. The summed E-state index contributed by atoms with van der Waals surface area (Å²) in [4.78, 5) is 11.6. The molecule has 0 atom stereocenters. The highest BCUT2D eigenvalue weighted by Crippen LogP contribution is 2.13. The molecule has 0 N–H and O–H groups in total. The van der Waals surface area contributed by atoms with Crippen LogP contribution in [0, 0.1) is 0 Å². The summed E-state index contributed by atoms with van der Waals surface area (Å²) in [6, 6.07) is 3.36. The number of rotatable bonds is 16. The number of allylic oxidation sites excluding steroid dienone is 2. The molecule has 0 unspecified atom stereocenters. The van der Waals surface area contributed by atoms with Gasteiger partial charge < -0.3 is 9.15 Å². The van der Waals surface area contributed by atoms with Gasteiger partial charge in [-0.3, -0.25) is 4.79 Å². The van der Waals surface area contributed by atoms with Crippen molar-refractivity contribution in [3.8, 4) is 5.95 Å². The Bertz CT molecular complexity index is 434. The molecule has 0 amide bonds. The highest BCUT2D eigenvalue weighted by molar-refractivity contribution is 5.71. The lowest BCUT2D eigenvalue weighted by Gasteiger charge is -2.01. The Morgan fingerprint density at radius 3 is 2.12 bits per heavy atom. The van der Waals surface area contributed by atoms with E-state index < -0.39 is 0 Å². The fraction of sp³-hybridized carbons (Fsp3) is 0.682. The molecule has 0 aliphatic rings. The molecule has 0 aromatic carbocycles. The second-order valence-electron chi connectivity index (χ2n) is 6.74. The molecular formula is C22H36O3. The van der Waals surface area contributed by atoms with Crippen LogP contribution in [0.3, 0.4) is 0 Å². The average molecular weight is 349 g/mol. The molecule has 0 bridgehead atoms. The second-order valence-corrected chi connectivity index (χ2v) is 6.74. The lowest BCUT2D eigenvalue weighted by molar-refractivity contribution is -0.135. The van der Waals surface area contributed by atoms with Crippen LogP contribution >= 0.6 is 0 Å². The minimum atomic E-state index is -0.201. The first-order valence-corrected chi connectivity index (χ1v) is 10.2. The summed E-state index contributed by atoms with van der Waals surface area (Å²) < 4.78 is 10.0. The number of hydrogen-bond donors (Lipinski definition) is 0. The molecule has 1 aromatic heterocycles. The fourth-order valence-corrected chi connectivity index (χ4v) is 2.82. The van der Waals surface area contributed by atoms with Gasteiger partial charge in [0, 0.05) is 12.5 Å². The Labute approximate surface area is 153 Å². The van der Waals surface area contributed by atoms with E-state index in [-0.39, 0.29) is 11.9 Å². The van der Waals surface area contributed by atoms with Gasteiger partial charge in [0.15, 0.2) is 0 Å². The van der Waals surface area contributed by atoms with Crippen LogP contribution in [-0.4, -0.2) is 5.97 Å². The number of unbranched alkanes of at least 4 members (excludes halogenated alkanes) is 11. The van der Waals surface area contributed by atoms with Crippen LogP contribution < -0.4 is 4.74 Å². The molecule has 1 rings (SSSR count). The first kappa shape index (κ1) is 21.5. The van der Waals surface area contributed by atoms with Crippen molar-refractivity contribution < 1.29 is 13.9 Å². The van der Waals surface area contributed by atoms with E-state index >= 15 is 0 Å². The number of hydrogen-bond acceptors (Lipinski definition) is 3. The van der Waals surface area contributed by atoms with Gasteiger partial charge in [0.1, 0.15) is 0 Å². The van der Waals surface area contributed by atoms with Crippen molar-refractivity contribution in [2.75, 3.05) is 0 Å². The summed E-state index contributed by atoms with van der Waals surface area (Å²) in [6.45, 7) is 2.26. The van der Waals surface area contributed by atoms with E-state index in [9.17, 15) is 4.79 Å². The van der Waals surface area contributed by atoms with Crippen molar-refractivity contribution in [1.82, 2.24) is 0 Å². The number of furan rings is 1. The number of carbonyl (C=O) groups is 1. The van der Waals surface area contributed by atoms with E-state index in [1.54, 1.807) is 12.1 Å². The molecule has 1 heterocycles. The van der Waals surface area contributed by atoms with Gasteiger partial charge in [-0.2, -0.15) is 0 Å². The second kappa shape index (κ2) is 16.0. The SMILES string of the molecule is CCCCCCCC/C=C\CCCCCCCC(=O)Oc1ccco1. The number of esters is 1. The molecule has 0 saturated carbocycles. The van der Waals surface area contributed by atoms with Crippen molar-refractivity contribution in [3.63, 3.8) is 0 Å². The molecule has 0 aliphatic carbocycles. The van der Waals surface area contributed by atoms with Crippen LogP contribution in [-0.2, 0) is 4.79 Å². The Hall–Kier alpha value is -1.51. The van der Waals surface area contributed by atoms with Crippen LogP contribution in [0.5, 0.6) is 5.95 Å². The van der Waals surface area contributed by atoms with Gasteiger partial charge in [0.05, 0.1) is 6.26 Å². The minimum Gasteiger partial charge on any atom is -0.434 e. The smallest absolute Gasteiger partial charge is 0.313 e. The fourth-order valence-electron chi connectivity index (χ4n) is 2.82. The highest BCUT2D eigenvalue weighted by Gasteiger charge is 2.05. The van der Waals surface area contributed by atoms with Crippen LogP contribution in [0.1, 0.15) is 96.8 Å². The monoisotopic (exact) mass is 348 g/mol. The molecule has 142 valence electrons. The topological polar surface area (TPSA) is 39.4 Å². The largest absolute Gasteiger partial charge is 0.434 e. The summed E-state index contributed by atoms with van der Waals surface area (Å²) in [5.74, 6) is 0.0883. The maximum Gasteiger partial charge on any atom is 0.313 e. The quantitative estimate of drug-likeness (QED) is 0.180. The summed E-state index contributed by atoms with van der Waals surface area (Å²) in [5.41, 5.74) is 0. The van der Waals surface area contributed by atoms with Crippen molar-refractivity contribution in [3.05, 3.63) is 30.5 Å². The average Bonchev–Trinajstić information content (AvgIpc) is 3.11. The highest BCUT2D eigenvalue weighted by atomic mass is 16.6. The number of carbonyl (C=O) groups excluding carboxylic acids is 1. The summed E-state index contributed by atoms with van der Waals surface area (Å²) in [6.07, 6.45) is 23.0. The molecule has 25 heavy (non-hydrogen) atoms. The molecule has 0 saturated heterocycles. The third kappa shape index (κ3) is 13.5. The van der Waals surface area contributed by atoms with E-state index in [4.69, 9.17) is 9.15 Å². The van der Waals surface area contributed by atoms with Crippen LogP contribution in [0.4, 0.5) is 0 Å². The van der Waals surface area contributed by atoms with Crippen molar-refractivity contribution in [1.29, 1.82) is 0 Å². The standard InChI is InChI=1S/C22H36O3/c1-2-3-4-5-6-7-8-9-10-11-12-13-14-15-16-18-21(23)25-22-19-17-20-24-22/h9-10,17,19-20H,2-8,11-16,18H2,1H3/b10-9-. The molecular weight excluding hydrogens is 312 g/mol. The molecule has 0 fully saturated rings. The third-order valence-electron chi connectivity index (χ3n) is 4.35. The van der Waals surface area contributed by atoms with E-state index in [1.165, 1.54) is 76.9 Å². The molecule has 0 radical (unpaired) electrons. The van der Waals surface area contributed by atoms with Gasteiger partial charge in [-0.25, -0.2) is 0 Å². The van der Waals surface area contributed by atoms with E-state index in [1.807, 2.05) is 0 Å². The van der Waals surface area contributed by atoms with Crippen LogP contribution in [0.15, 0.2) is 35.0 Å². The van der Waals surface area contributed by atoms with Crippen molar-refractivity contribution in [2.24, 2.45) is 0 Å². The zero-order valence-electron chi connectivity index (χ0n) is 16.0. The van der Waals surface area contributed by atoms with Gasteiger partial charge in [-0.1, -0.05) is 70.4 Å². The lowest BCUT2D eigenvalue weighted by Crippen LogP contribution is -2.06. The van der Waals surface area contributed by atoms with Gasteiger partial charge in [-0.05, 0) is 38.2 Å². The van der Waals surface area contributed by atoms with E-state index in [0.717, 1.165) is 12.8 Å². The molecule has 3 heteroatoms. The van der Waals surface area contributed by atoms with Gasteiger partial charge in [0.25, 0.3) is 5.95 Å². The van der Waals surface area contributed by atoms with E-state index in [2.05, 4.69) is 19.1 Å². The Morgan fingerprint density at radius 1 is 0.920 bits per heavy atom. The Kier molecular flexibility index (Phi) is 13.8. The Balaban J connectivity index is 1.79. The summed E-state index contributed by atoms with van der Waals surface area (Å²) >= 11 is 0. The zero-order valence-corrected chi connectivity index (χ0v) is 16.0. The van der Waals surface area contributed by atoms with Crippen molar-refractivity contribution in [2.45, 2.75) is 96.8 Å². The van der Waals surface area contributed by atoms with Gasteiger partial charge in [0.2, 0.25) is 0 Å². The first-order chi connectivity index (χ1) is 12.3. The first-order valence-electron chi connectivity index (χ1n) is 10.2. The maximum absolute atomic E-state index is 11.6. The third-order valence-corrected chi connectivity index (χ3v) is 4.35. The van der Waals surface area contributed by atoms with Crippen LogP contribution in [0.25, 0.3) is 0 Å². The number of ether oxygens (including phenoxy) is 1. The summed E-state index contributed by atoms with van der Waals surface area (Å²) in [7, 11) is 0. The molecule has 0 aliphatic heterocycles. The maximum atomic E-state index is 11.6. The Morgan fingerprint density at radius 2 is 1.52 bits per heavy atom. The molecule has 0 spiro atoms. The van der Waals surface area contributed by atoms with Gasteiger partial charge in [-0.15, -0.1) is 0 Å². The van der Waals surface area contributed by atoms with E-state index in [0.29, 0.717) is 6.42 Å². The van der Waals surface area contributed by atoms with Gasteiger partial charge >= 0.3 is 5.97 Å².